The van der Waals surface area contributed by atoms with Crippen LogP contribution in [0.5, 0.6) is 5.75 Å². The lowest BCUT2D eigenvalue weighted by Crippen LogP contribution is -2.21. The molecule has 20 heavy (non-hydrogen) atoms. The maximum absolute atomic E-state index is 13.7. The van der Waals surface area contributed by atoms with Crippen LogP contribution in [0.25, 0.3) is 0 Å². The number of hydrogen-bond acceptors (Lipinski definition) is 4. The van der Waals surface area contributed by atoms with Gasteiger partial charge in [-0.1, -0.05) is 6.07 Å². The van der Waals surface area contributed by atoms with Crippen LogP contribution in [0, 0.1) is 12.7 Å². The Hall–Kier alpha value is -2.01. The van der Waals surface area contributed by atoms with Crippen LogP contribution in [0.3, 0.4) is 0 Å². The minimum Gasteiger partial charge on any atom is -0.494 e. The van der Waals surface area contributed by atoms with E-state index in [1.165, 1.54) is 13.2 Å². The van der Waals surface area contributed by atoms with Crippen molar-refractivity contribution in [3.05, 3.63) is 53.4 Å². The van der Waals surface area contributed by atoms with Crippen molar-refractivity contribution in [3.8, 4) is 5.75 Å². The molecule has 0 aliphatic rings. The molecule has 0 radical (unpaired) electrons. The number of rotatable bonds is 5. The second-order valence-electron chi connectivity index (χ2n) is 4.63. The number of nitrogens with one attached hydrogen (secondary N) is 1. The van der Waals surface area contributed by atoms with Crippen LogP contribution < -0.4 is 10.1 Å². The van der Waals surface area contributed by atoms with Gasteiger partial charge >= 0.3 is 0 Å². The maximum Gasteiger partial charge on any atom is 0.165 e. The fourth-order valence-electron chi connectivity index (χ4n) is 1.98. The summed E-state index contributed by atoms with van der Waals surface area (Å²) in [4.78, 5) is 8.62. The number of methoxy groups -OCH3 is 1. The Kier molecular flexibility index (Phi) is 4.63. The van der Waals surface area contributed by atoms with Crippen LogP contribution in [0.1, 0.15) is 23.0 Å². The molecule has 2 rings (SSSR count). The van der Waals surface area contributed by atoms with Crippen molar-refractivity contribution in [1.29, 1.82) is 0 Å². The molecule has 0 fully saturated rings. The third kappa shape index (κ3) is 3.30. The average molecular weight is 275 g/mol. The highest BCUT2D eigenvalue weighted by molar-refractivity contribution is 5.30. The first-order chi connectivity index (χ1) is 9.63. The van der Waals surface area contributed by atoms with Crippen LogP contribution in [0.2, 0.25) is 0 Å². The molecular weight excluding hydrogens is 257 g/mol. The van der Waals surface area contributed by atoms with E-state index < -0.39 is 0 Å². The highest BCUT2D eigenvalue weighted by Crippen LogP contribution is 2.21. The molecule has 2 aromatic rings. The van der Waals surface area contributed by atoms with Gasteiger partial charge in [0.1, 0.15) is 5.82 Å². The normalized spacial score (nSPS) is 12.2. The molecule has 1 aromatic heterocycles. The van der Waals surface area contributed by atoms with Crippen molar-refractivity contribution in [2.24, 2.45) is 0 Å². The molecular formula is C15H18FN3O. The molecule has 1 unspecified atom stereocenters. The molecule has 0 aliphatic carbocycles. The van der Waals surface area contributed by atoms with Crippen LogP contribution in [-0.4, -0.2) is 24.1 Å². The van der Waals surface area contributed by atoms with E-state index in [0.717, 1.165) is 11.1 Å². The van der Waals surface area contributed by atoms with Crippen LogP contribution in [-0.2, 0) is 6.42 Å². The zero-order valence-electron chi connectivity index (χ0n) is 11.9. The van der Waals surface area contributed by atoms with E-state index in [2.05, 4.69) is 15.3 Å². The van der Waals surface area contributed by atoms with E-state index in [1.807, 2.05) is 20.0 Å². The van der Waals surface area contributed by atoms with Gasteiger partial charge in [0.05, 0.1) is 13.2 Å². The first-order valence-corrected chi connectivity index (χ1v) is 6.42. The largest absolute Gasteiger partial charge is 0.494 e. The van der Waals surface area contributed by atoms with Crippen LogP contribution in [0.4, 0.5) is 4.39 Å². The van der Waals surface area contributed by atoms with Gasteiger partial charge in [-0.05, 0) is 43.7 Å². The predicted octanol–water partition coefficient (Wildman–Crippen LogP) is 2.44. The van der Waals surface area contributed by atoms with E-state index in [4.69, 9.17) is 4.74 Å². The van der Waals surface area contributed by atoms with Crippen LogP contribution in [0.15, 0.2) is 30.6 Å². The second-order valence-corrected chi connectivity index (χ2v) is 4.63. The summed E-state index contributed by atoms with van der Waals surface area (Å²) in [7, 11) is 3.29. The van der Waals surface area contributed by atoms with Crippen molar-refractivity contribution in [1.82, 2.24) is 15.3 Å². The van der Waals surface area contributed by atoms with Gasteiger partial charge in [-0.15, -0.1) is 0 Å². The van der Waals surface area contributed by atoms with E-state index in [0.29, 0.717) is 12.2 Å². The third-order valence-electron chi connectivity index (χ3n) is 3.12. The number of nitrogens with zero attached hydrogens (tertiary/aromatic N) is 2. The predicted molar refractivity (Wildman–Crippen MR) is 75.2 cm³/mol. The molecule has 0 bridgehead atoms. The summed E-state index contributed by atoms with van der Waals surface area (Å²) >= 11 is 0. The molecule has 1 atom stereocenters. The summed E-state index contributed by atoms with van der Waals surface area (Å²) in [5, 5.41) is 3.16. The summed E-state index contributed by atoms with van der Waals surface area (Å²) in [6.07, 6.45) is 4.17. The lowest BCUT2D eigenvalue weighted by atomic mass is 10.0. The van der Waals surface area contributed by atoms with Gasteiger partial charge in [0.25, 0.3) is 0 Å². The molecule has 0 aliphatic heterocycles. The summed E-state index contributed by atoms with van der Waals surface area (Å²) in [5.41, 5.74) is 1.88. The summed E-state index contributed by atoms with van der Waals surface area (Å²) in [6.45, 7) is 1.94. The average Bonchev–Trinajstić information content (AvgIpc) is 2.46. The first kappa shape index (κ1) is 14.4. The van der Waals surface area contributed by atoms with Crippen molar-refractivity contribution < 1.29 is 9.13 Å². The number of benzene rings is 1. The van der Waals surface area contributed by atoms with Crippen molar-refractivity contribution >= 4 is 0 Å². The molecule has 106 valence electrons. The molecule has 0 amide bonds. The molecule has 0 saturated heterocycles. The fraction of sp³-hybridized carbons (Fsp3) is 0.333. The number of ether oxygens (including phenoxy) is 1. The van der Waals surface area contributed by atoms with E-state index in [1.54, 1.807) is 18.5 Å². The second kappa shape index (κ2) is 6.43. The van der Waals surface area contributed by atoms with E-state index >= 15 is 0 Å². The Morgan fingerprint density at radius 3 is 2.55 bits per heavy atom. The Labute approximate surface area is 118 Å². The number of aromatic nitrogens is 2. The maximum atomic E-state index is 13.7. The van der Waals surface area contributed by atoms with Crippen molar-refractivity contribution in [3.63, 3.8) is 0 Å². The van der Waals surface area contributed by atoms with Crippen LogP contribution >= 0.6 is 0 Å². The number of halogens is 1. The lowest BCUT2D eigenvalue weighted by molar-refractivity contribution is 0.386. The first-order valence-electron chi connectivity index (χ1n) is 6.42. The summed E-state index contributed by atoms with van der Waals surface area (Å²) in [5.74, 6) is 0.598. The van der Waals surface area contributed by atoms with Gasteiger partial charge in [-0.3, -0.25) is 0 Å². The number of aryl methyl sites for hydroxylation is 1. The Morgan fingerprint density at radius 2 is 2.00 bits per heavy atom. The Balaban J connectivity index is 2.17. The fourth-order valence-corrected chi connectivity index (χ4v) is 1.98. The molecule has 4 nitrogen and oxygen atoms in total. The van der Waals surface area contributed by atoms with Crippen molar-refractivity contribution in [2.45, 2.75) is 19.4 Å². The van der Waals surface area contributed by atoms with Crippen molar-refractivity contribution in [2.75, 3.05) is 14.2 Å². The Bertz CT molecular complexity index is 572. The van der Waals surface area contributed by atoms with Gasteiger partial charge in [0, 0.05) is 12.4 Å². The lowest BCUT2D eigenvalue weighted by Gasteiger charge is -2.15. The molecule has 1 aromatic carbocycles. The highest BCUT2D eigenvalue weighted by atomic mass is 19.1. The van der Waals surface area contributed by atoms with Gasteiger partial charge in [-0.2, -0.15) is 0 Å². The third-order valence-corrected chi connectivity index (χ3v) is 3.12. The van der Waals surface area contributed by atoms with E-state index in [9.17, 15) is 4.39 Å². The standard InChI is InChI=1S/C15H18FN3O/c1-10-8-18-15(19-9-10)13(17-2)7-11-4-5-14(20-3)12(16)6-11/h4-6,8-9,13,17H,7H2,1-3H3. The monoisotopic (exact) mass is 275 g/mol. The molecule has 0 saturated carbocycles. The topological polar surface area (TPSA) is 47.0 Å². The minimum absolute atomic E-state index is 0.0524. The zero-order chi connectivity index (χ0) is 14.5. The SMILES string of the molecule is CNC(Cc1ccc(OC)c(F)c1)c1ncc(C)cn1. The van der Waals surface area contributed by atoms with Gasteiger partial charge < -0.3 is 10.1 Å². The smallest absolute Gasteiger partial charge is 0.165 e. The molecule has 1 N–H and O–H groups in total. The number of hydrogen-bond donors (Lipinski definition) is 1. The Morgan fingerprint density at radius 1 is 1.30 bits per heavy atom. The van der Waals surface area contributed by atoms with Gasteiger partial charge in [0.15, 0.2) is 11.6 Å². The molecule has 0 spiro atoms. The quantitative estimate of drug-likeness (QED) is 0.910. The molecule has 5 heteroatoms. The van der Waals surface area contributed by atoms with Gasteiger partial charge in [-0.25, -0.2) is 14.4 Å². The van der Waals surface area contributed by atoms with E-state index in [-0.39, 0.29) is 17.6 Å². The zero-order valence-corrected chi connectivity index (χ0v) is 11.9. The summed E-state index contributed by atoms with van der Waals surface area (Å²) in [6, 6.07) is 4.91. The van der Waals surface area contributed by atoms with Gasteiger partial charge in [0.2, 0.25) is 0 Å². The minimum atomic E-state index is -0.357. The molecule has 1 heterocycles. The number of likely N-dealkylation sites (N-methyl/N-ethyl adjacent to an activating group) is 1. The summed E-state index contributed by atoms with van der Waals surface area (Å²) < 4.78 is 18.6. The highest BCUT2D eigenvalue weighted by Gasteiger charge is 2.14.